The Balaban J connectivity index is 2.86. The Hall–Kier alpha value is -0.570. The molecule has 0 aromatic heterocycles. The topological polar surface area (TPSA) is 9.23 Å². The second-order valence-corrected chi connectivity index (χ2v) is 3.05. The van der Waals surface area contributed by atoms with Gasteiger partial charge in [-0.25, -0.2) is 4.39 Å². The molecule has 1 atom stereocenters. The molecule has 0 amide bonds. The lowest BCUT2D eigenvalue weighted by Gasteiger charge is -2.06. The smallest absolute Gasteiger partial charge is 0.135 e. The van der Waals surface area contributed by atoms with Crippen molar-refractivity contribution >= 4 is 15.9 Å². The first-order chi connectivity index (χ1) is 5.77. The number of methoxy groups -OCH3 is 1. The molecule has 3 heteroatoms. The first kappa shape index (κ1) is 9.52. The minimum atomic E-state index is -0.958. The van der Waals surface area contributed by atoms with E-state index in [4.69, 9.17) is 4.74 Å². The summed E-state index contributed by atoms with van der Waals surface area (Å²) in [6.45, 7) is 0. The van der Waals surface area contributed by atoms with E-state index in [1.807, 2.05) is 0 Å². The van der Waals surface area contributed by atoms with Gasteiger partial charge in [0, 0.05) is 5.33 Å². The molecule has 0 aliphatic carbocycles. The van der Waals surface area contributed by atoms with Crippen LogP contribution in [0.1, 0.15) is 11.7 Å². The van der Waals surface area contributed by atoms with E-state index in [1.165, 1.54) is 0 Å². The molecule has 66 valence electrons. The summed E-state index contributed by atoms with van der Waals surface area (Å²) in [5.74, 6) is 0.691. The standard InChI is InChI=1S/C9H10BrFO/c1-12-8-4-2-3-7(5-8)9(11)6-10/h2-5,9H,6H2,1H3. The van der Waals surface area contributed by atoms with Crippen molar-refractivity contribution in [2.45, 2.75) is 6.17 Å². The molecule has 0 bridgehead atoms. The van der Waals surface area contributed by atoms with Gasteiger partial charge in [-0.15, -0.1) is 0 Å². The number of ether oxygens (including phenoxy) is 1. The van der Waals surface area contributed by atoms with Crippen LogP contribution in [-0.4, -0.2) is 12.4 Å². The van der Waals surface area contributed by atoms with E-state index in [-0.39, 0.29) is 0 Å². The molecule has 0 saturated heterocycles. The summed E-state index contributed by atoms with van der Waals surface area (Å²) in [7, 11) is 1.57. The van der Waals surface area contributed by atoms with Crippen LogP contribution in [0.25, 0.3) is 0 Å². The number of alkyl halides is 2. The van der Waals surface area contributed by atoms with Crippen molar-refractivity contribution < 1.29 is 9.13 Å². The Morgan fingerprint density at radius 2 is 2.33 bits per heavy atom. The Morgan fingerprint density at radius 3 is 2.92 bits per heavy atom. The lowest BCUT2D eigenvalue weighted by Crippen LogP contribution is -1.93. The van der Waals surface area contributed by atoms with Crippen LogP contribution < -0.4 is 4.74 Å². The first-order valence-electron chi connectivity index (χ1n) is 3.62. The largest absolute Gasteiger partial charge is 0.497 e. The second-order valence-electron chi connectivity index (χ2n) is 2.40. The van der Waals surface area contributed by atoms with Gasteiger partial charge in [-0.3, -0.25) is 0 Å². The molecule has 0 N–H and O–H groups in total. The van der Waals surface area contributed by atoms with Gasteiger partial charge in [0.2, 0.25) is 0 Å². The van der Waals surface area contributed by atoms with Gasteiger partial charge >= 0.3 is 0 Å². The highest BCUT2D eigenvalue weighted by atomic mass is 79.9. The van der Waals surface area contributed by atoms with E-state index in [0.717, 1.165) is 0 Å². The monoisotopic (exact) mass is 232 g/mol. The van der Waals surface area contributed by atoms with E-state index in [1.54, 1.807) is 31.4 Å². The van der Waals surface area contributed by atoms with Gasteiger partial charge in [0.1, 0.15) is 11.9 Å². The minimum Gasteiger partial charge on any atom is -0.497 e. The zero-order chi connectivity index (χ0) is 8.97. The van der Waals surface area contributed by atoms with Crippen LogP contribution in [-0.2, 0) is 0 Å². The van der Waals surface area contributed by atoms with Crippen molar-refractivity contribution in [2.24, 2.45) is 0 Å². The summed E-state index contributed by atoms with van der Waals surface area (Å²) in [5, 5.41) is 0.320. The Kier molecular flexibility index (Phi) is 3.53. The zero-order valence-corrected chi connectivity index (χ0v) is 8.34. The van der Waals surface area contributed by atoms with Gasteiger partial charge in [-0.1, -0.05) is 28.1 Å². The predicted octanol–water partition coefficient (Wildman–Crippen LogP) is 3.10. The Labute approximate surface area is 79.7 Å². The number of hydrogen-bond donors (Lipinski definition) is 0. The van der Waals surface area contributed by atoms with Crippen LogP contribution in [0.4, 0.5) is 4.39 Å². The molecule has 12 heavy (non-hydrogen) atoms. The molecule has 0 saturated carbocycles. The summed E-state index contributed by atoms with van der Waals surface area (Å²) in [6, 6.07) is 7.02. The van der Waals surface area contributed by atoms with Gasteiger partial charge in [0.05, 0.1) is 7.11 Å². The molecule has 0 aliphatic rings. The predicted molar refractivity (Wildman–Crippen MR) is 50.6 cm³/mol. The molecule has 0 radical (unpaired) electrons. The maximum atomic E-state index is 13.1. The fourth-order valence-corrected chi connectivity index (χ4v) is 1.30. The summed E-state index contributed by atoms with van der Waals surface area (Å²) < 4.78 is 18.0. The molecular formula is C9H10BrFO. The molecule has 0 spiro atoms. The fraction of sp³-hybridized carbons (Fsp3) is 0.333. The highest BCUT2D eigenvalue weighted by Crippen LogP contribution is 2.23. The first-order valence-corrected chi connectivity index (χ1v) is 4.74. The van der Waals surface area contributed by atoms with Crippen molar-refractivity contribution in [3.63, 3.8) is 0 Å². The summed E-state index contributed by atoms with van der Waals surface area (Å²) >= 11 is 3.08. The molecule has 0 aliphatic heterocycles. The zero-order valence-electron chi connectivity index (χ0n) is 6.76. The van der Waals surface area contributed by atoms with Gasteiger partial charge in [0.15, 0.2) is 0 Å². The van der Waals surface area contributed by atoms with Crippen molar-refractivity contribution in [3.8, 4) is 5.75 Å². The average molecular weight is 233 g/mol. The molecule has 1 unspecified atom stereocenters. The number of rotatable bonds is 3. The SMILES string of the molecule is COc1cccc(C(F)CBr)c1. The highest BCUT2D eigenvalue weighted by Gasteiger charge is 2.07. The van der Waals surface area contributed by atoms with E-state index < -0.39 is 6.17 Å². The molecule has 1 rings (SSSR count). The molecular weight excluding hydrogens is 223 g/mol. The van der Waals surface area contributed by atoms with Crippen LogP contribution in [0.15, 0.2) is 24.3 Å². The average Bonchev–Trinajstić information content (AvgIpc) is 2.17. The maximum absolute atomic E-state index is 13.1. The Morgan fingerprint density at radius 1 is 1.58 bits per heavy atom. The Bertz CT molecular complexity index is 252. The van der Waals surface area contributed by atoms with Crippen LogP contribution in [0.3, 0.4) is 0 Å². The molecule has 0 fully saturated rings. The summed E-state index contributed by atoms with van der Waals surface area (Å²) in [5.41, 5.74) is 0.645. The van der Waals surface area contributed by atoms with Gasteiger partial charge in [0.25, 0.3) is 0 Å². The summed E-state index contributed by atoms with van der Waals surface area (Å²) in [4.78, 5) is 0. The van der Waals surface area contributed by atoms with Crippen molar-refractivity contribution in [1.82, 2.24) is 0 Å². The van der Waals surface area contributed by atoms with E-state index in [9.17, 15) is 4.39 Å². The molecule has 1 aromatic carbocycles. The van der Waals surface area contributed by atoms with Crippen molar-refractivity contribution in [1.29, 1.82) is 0 Å². The minimum absolute atomic E-state index is 0.320. The van der Waals surface area contributed by atoms with E-state index >= 15 is 0 Å². The number of hydrogen-bond acceptors (Lipinski definition) is 1. The highest BCUT2D eigenvalue weighted by molar-refractivity contribution is 9.09. The van der Waals surface area contributed by atoms with Crippen molar-refractivity contribution in [2.75, 3.05) is 12.4 Å². The van der Waals surface area contributed by atoms with Crippen molar-refractivity contribution in [3.05, 3.63) is 29.8 Å². The third-order valence-corrected chi connectivity index (χ3v) is 2.16. The van der Waals surface area contributed by atoms with E-state index in [0.29, 0.717) is 16.6 Å². The maximum Gasteiger partial charge on any atom is 0.135 e. The normalized spacial score (nSPS) is 12.6. The lowest BCUT2D eigenvalue weighted by molar-refractivity contribution is 0.377. The van der Waals surface area contributed by atoms with Crippen LogP contribution in [0.2, 0.25) is 0 Å². The van der Waals surface area contributed by atoms with Gasteiger partial charge in [-0.2, -0.15) is 0 Å². The van der Waals surface area contributed by atoms with E-state index in [2.05, 4.69) is 15.9 Å². The summed E-state index contributed by atoms with van der Waals surface area (Å²) in [6.07, 6.45) is -0.958. The molecule has 0 heterocycles. The third kappa shape index (κ3) is 2.21. The second kappa shape index (κ2) is 4.45. The number of benzene rings is 1. The number of halogens is 2. The van der Waals surface area contributed by atoms with Crippen LogP contribution in [0.5, 0.6) is 5.75 Å². The lowest BCUT2D eigenvalue weighted by atomic mass is 10.1. The van der Waals surface area contributed by atoms with Crippen LogP contribution >= 0.6 is 15.9 Å². The molecule has 1 aromatic rings. The van der Waals surface area contributed by atoms with Crippen LogP contribution in [0, 0.1) is 0 Å². The third-order valence-electron chi connectivity index (χ3n) is 1.59. The van der Waals surface area contributed by atoms with Gasteiger partial charge in [-0.05, 0) is 17.7 Å². The fourth-order valence-electron chi connectivity index (χ4n) is 0.925. The molecule has 1 nitrogen and oxygen atoms in total. The quantitative estimate of drug-likeness (QED) is 0.729. The van der Waals surface area contributed by atoms with Gasteiger partial charge < -0.3 is 4.74 Å².